The second kappa shape index (κ2) is 8.79. The molecule has 1 unspecified atom stereocenters. The number of likely N-dealkylation sites (tertiary alicyclic amines) is 1. The average molecular weight is 302 g/mol. The summed E-state index contributed by atoms with van der Waals surface area (Å²) in [4.78, 5) is 9.18. The van der Waals surface area contributed by atoms with E-state index in [2.05, 4.69) is 64.4 Å². The Balaban J connectivity index is 1.78. The van der Waals surface area contributed by atoms with Gasteiger partial charge >= 0.3 is 0 Å². The van der Waals surface area contributed by atoms with Gasteiger partial charge in [-0.05, 0) is 37.4 Å². The Morgan fingerprint density at radius 2 is 2.14 bits per heavy atom. The minimum Gasteiger partial charge on any atom is -0.356 e. The molecule has 1 saturated heterocycles. The van der Waals surface area contributed by atoms with Gasteiger partial charge in [0.1, 0.15) is 0 Å². The first-order valence-corrected chi connectivity index (χ1v) is 8.41. The van der Waals surface area contributed by atoms with Crippen LogP contribution in [0.15, 0.2) is 35.3 Å². The number of hydrogen-bond donors (Lipinski definition) is 1. The van der Waals surface area contributed by atoms with E-state index in [4.69, 9.17) is 0 Å². The topological polar surface area (TPSA) is 30.9 Å². The van der Waals surface area contributed by atoms with E-state index in [0.717, 1.165) is 25.0 Å². The van der Waals surface area contributed by atoms with Gasteiger partial charge in [0.05, 0.1) is 0 Å². The molecular formula is C18H30N4. The predicted octanol–water partition coefficient (Wildman–Crippen LogP) is 2.43. The highest BCUT2D eigenvalue weighted by molar-refractivity contribution is 5.79. The molecule has 0 amide bonds. The summed E-state index contributed by atoms with van der Waals surface area (Å²) in [5, 5.41) is 3.54. The van der Waals surface area contributed by atoms with Gasteiger partial charge in [-0.2, -0.15) is 0 Å². The molecule has 0 saturated carbocycles. The van der Waals surface area contributed by atoms with E-state index in [1.54, 1.807) is 0 Å². The van der Waals surface area contributed by atoms with Crippen molar-refractivity contribution in [2.24, 2.45) is 10.9 Å². The van der Waals surface area contributed by atoms with Gasteiger partial charge < -0.3 is 15.1 Å². The second-order valence-corrected chi connectivity index (χ2v) is 6.23. The van der Waals surface area contributed by atoms with Crippen LogP contribution in [0.2, 0.25) is 0 Å². The van der Waals surface area contributed by atoms with Crippen molar-refractivity contribution in [1.82, 2.24) is 15.1 Å². The Labute approximate surface area is 135 Å². The summed E-state index contributed by atoms with van der Waals surface area (Å²) in [6.07, 6.45) is 2.55. The van der Waals surface area contributed by atoms with Crippen LogP contribution in [0.5, 0.6) is 0 Å². The number of aliphatic imine (C=N–C) groups is 1. The fourth-order valence-electron chi connectivity index (χ4n) is 3.15. The van der Waals surface area contributed by atoms with E-state index >= 15 is 0 Å². The van der Waals surface area contributed by atoms with Crippen molar-refractivity contribution in [3.8, 4) is 0 Å². The molecule has 1 fully saturated rings. The van der Waals surface area contributed by atoms with Crippen LogP contribution in [0.4, 0.5) is 0 Å². The molecular weight excluding hydrogens is 272 g/mol. The van der Waals surface area contributed by atoms with Crippen molar-refractivity contribution in [3.63, 3.8) is 0 Å². The Kier molecular flexibility index (Phi) is 6.72. The van der Waals surface area contributed by atoms with Crippen LogP contribution < -0.4 is 5.32 Å². The zero-order valence-electron chi connectivity index (χ0n) is 14.3. The first kappa shape index (κ1) is 16.8. The molecule has 4 heteroatoms. The van der Waals surface area contributed by atoms with E-state index in [1.165, 1.54) is 38.0 Å². The van der Waals surface area contributed by atoms with E-state index in [9.17, 15) is 0 Å². The molecule has 2 rings (SSSR count). The molecule has 1 aliphatic heterocycles. The number of rotatable bonds is 6. The summed E-state index contributed by atoms with van der Waals surface area (Å²) in [5.74, 6) is 1.73. The summed E-state index contributed by atoms with van der Waals surface area (Å²) < 4.78 is 0. The number of benzene rings is 1. The molecule has 0 bridgehead atoms. The minimum atomic E-state index is 0.744. The Morgan fingerprint density at radius 3 is 2.82 bits per heavy atom. The van der Waals surface area contributed by atoms with Crippen LogP contribution in [0.1, 0.15) is 25.3 Å². The Bertz CT molecular complexity index is 457. The fraction of sp³-hybridized carbons (Fsp3) is 0.611. The largest absolute Gasteiger partial charge is 0.356 e. The molecule has 22 heavy (non-hydrogen) atoms. The highest BCUT2D eigenvalue weighted by Gasteiger charge is 2.22. The van der Waals surface area contributed by atoms with Crippen LogP contribution in [0.25, 0.3) is 0 Å². The highest BCUT2D eigenvalue weighted by Crippen LogP contribution is 2.15. The van der Waals surface area contributed by atoms with Crippen LogP contribution in [0.3, 0.4) is 0 Å². The van der Waals surface area contributed by atoms with Gasteiger partial charge in [0.25, 0.3) is 0 Å². The molecule has 1 aliphatic rings. The summed E-state index contributed by atoms with van der Waals surface area (Å²) in [6, 6.07) is 10.5. The molecule has 1 atom stereocenters. The number of guanidine groups is 1. The maximum atomic E-state index is 4.42. The summed E-state index contributed by atoms with van der Waals surface area (Å²) >= 11 is 0. The van der Waals surface area contributed by atoms with E-state index in [1.807, 2.05) is 7.05 Å². The first-order chi connectivity index (χ1) is 10.7. The Morgan fingerprint density at radius 1 is 1.36 bits per heavy atom. The van der Waals surface area contributed by atoms with Crippen LogP contribution >= 0.6 is 0 Å². The molecule has 0 spiro atoms. The lowest BCUT2D eigenvalue weighted by Crippen LogP contribution is -2.41. The van der Waals surface area contributed by atoms with Crippen molar-refractivity contribution >= 4 is 5.96 Å². The van der Waals surface area contributed by atoms with Gasteiger partial charge in [-0.1, -0.05) is 37.3 Å². The van der Waals surface area contributed by atoms with Crippen molar-refractivity contribution in [2.75, 3.05) is 40.3 Å². The van der Waals surface area contributed by atoms with E-state index in [-0.39, 0.29) is 0 Å². The standard InChI is InChI=1S/C18H30N4/c1-4-11-22-12-10-17(15-22)13-20-18(19-2)21(3)14-16-8-6-5-7-9-16/h5-9,17H,4,10-15H2,1-3H3,(H,19,20). The first-order valence-electron chi connectivity index (χ1n) is 8.41. The molecule has 0 aromatic heterocycles. The monoisotopic (exact) mass is 302 g/mol. The normalized spacial score (nSPS) is 19.4. The fourth-order valence-corrected chi connectivity index (χ4v) is 3.15. The van der Waals surface area contributed by atoms with Gasteiger partial charge in [0, 0.05) is 33.7 Å². The zero-order valence-corrected chi connectivity index (χ0v) is 14.3. The summed E-state index contributed by atoms with van der Waals surface area (Å²) in [5.41, 5.74) is 1.31. The molecule has 0 radical (unpaired) electrons. The maximum absolute atomic E-state index is 4.42. The van der Waals surface area contributed by atoms with Gasteiger partial charge in [-0.15, -0.1) is 0 Å². The number of nitrogens with one attached hydrogen (secondary N) is 1. The van der Waals surface area contributed by atoms with Gasteiger partial charge in [-0.25, -0.2) is 0 Å². The van der Waals surface area contributed by atoms with Gasteiger partial charge in [0.2, 0.25) is 0 Å². The van der Waals surface area contributed by atoms with Crippen molar-refractivity contribution < 1.29 is 0 Å². The zero-order chi connectivity index (χ0) is 15.8. The molecule has 1 aromatic carbocycles. The lowest BCUT2D eigenvalue weighted by atomic mass is 10.1. The predicted molar refractivity (Wildman–Crippen MR) is 94.1 cm³/mol. The van der Waals surface area contributed by atoms with Crippen molar-refractivity contribution in [1.29, 1.82) is 0 Å². The van der Waals surface area contributed by atoms with E-state index < -0.39 is 0 Å². The molecule has 1 N–H and O–H groups in total. The SMILES string of the molecule is CCCN1CCC(CNC(=NC)N(C)Cc2ccccc2)C1. The smallest absolute Gasteiger partial charge is 0.193 e. The number of nitrogens with zero attached hydrogens (tertiary/aromatic N) is 3. The summed E-state index contributed by atoms with van der Waals surface area (Å²) in [7, 11) is 3.96. The van der Waals surface area contributed by atoms with Gasteiger partial charge in [-0.3, -0.25) is 4.99 Å². The maximum Gasteiger partial charge on any atom is 0.193 e. The quantitative estimate of drug-likeness (QED) is 0.647. The highest BCUT2D eigenvalue weighted by atomic mass is 15.3. The van der Waals surface area contributed by atoms with Crippen LogP contribution in [-0.2, 0) is 6.54 Å². The molecule has 1 aromatic rings. The summed E-state index contributed by atoms with van der Waals surface area (Å²) in [6.45, 7) is 7.86. The lowest BCUT2D eigenvalue weighted by molar-refractivity contribution is 0.324. The molecule has 1 heterocycles. The average Bonchev–Trinajstić information content (AvgIpc) is 2.97. The number of hydrogen-bond acceptors (Lipinski definition) is 2. The van der Waals surface area contributed by atoms with E-state index in [0.29, 0.717) is 0 Å². The third-order valence-corrected chi connectivity index (χ3v) is 4.29. The van der Waals surface area contributed by atoms with Crippen LogP contribution in [0, 0.1) is 5.92 Å². The minimum absolute atomic E-state index is 0.744. The third-order valence-electron chi connectivity index (χ3n) is 4.29. The van der Waals surface area contributed by atoms with Gasteiger partial charge in [0.15, 0.2) is 5.96 Å². The molecule has 122 valence electrons. The second-order valence-electron chi connectivity index (χ2n) is 6.23. The molecule has 4 nitrogen and oxygen atoms in total. The van der Waals surface area contributed by atoms with Crippen molar-refractivity contribution in [3.05, 3.63) is 35.9 Å². The van der Waals surface area contributed by atoms with Crippen LogP contribution in [-0.4, -0.2) is 56.0 Å². The molecule has 0 aliphatic carbocycles. The van der Waals surface area contributed by atoms with Crippen molar-refractivity contribution in [2.45, 2.75) is 26.3 Å². The lowest BCUT2D eigenvalue weighted by Gasteiger charge is -2.23. The third kappa shape index (κ3) is 5.02. The Hall–Kier alpha value is -1.55.